The van der Waals surface area contributed by atoms with Crippen molar-refractivity contribution < 1.29 is 32.7 Å². The summed E-state index contributed by atoms with van der Waals surface area (Å²) in [6.07, 6.45) is -0.156. The molecule has 4 rings (SSSR count). The second-order valence-electron chi connectivity index (χ2n) is 8.31. The van der Waals surface area contributed by atoms with Crippen LogP contribution in [0.3, 0.4) is 0 Å². The van der Waals surface area contributed by atoms with Crippen LogP contribution < -0.4 is 15.5 Å². The second kappa shape index (κ2) is 10.9. The highest BCUT2D eigenvalue weighted by Crippen LogP contribution is 2.35. The normalized spacial score (nSPS) is 15.0. The summed E-state index contributed by atoms with van der Waals surface area (Å²) in [6.45, 7) is -0.121. The van der Waals surface area contributed by atoms with Gasteiger partial charge in [0.05, 0.1) is 4.90 Å². The Morgan fingerprint density at radius 2 is 1.58 bits per heavy atom. The van der Waals surface area contributed by atoms with E-state index >= 15 is 0 Å². The van der Waals surface area contributed by atoms with E-state index in [-0.39, 0.29) is 49.2 Å². The summed E-state index contributed by atoms with van der Waals surface area (Å²) < 4.78 is 35.5. The first-order valence-electron chi connectivity index (χ1n) is 11.3. The first kappa shape index (κ1) is 25.4. The minimum absolute atomic E-state index is 0.0778. The minimum Gasteiger partial charge on any atom is -0.484 e. The number of hydrogen-bond donors (Lipinski definition) is 3. The lowest BCUT2D eigenvalue weighted by Gasteiger charge is -2.34. The molecule has 188 valence electrons. The fourth-order valence-electron chi connectivity index (χ4n) is 4.11. The van der Waals surface area contributed by atoms with Crippen LogP contribution in [0.15, 0.2) is 83.8 Å². The van der Waals surface area contributed by atoms with Crippen molar-refractivity contribution in [3.63, 3.8) is 0 Å². The van der Waals surface area contributed by atoms with Crippen molar-refractivity contribution in [2.75, 3.05) is 25.1 Å². The number of amides is 2. The number of carbonyl (C=O) groups excluding carboxylic acids is 2. The first-order chi connectivity index (χ1) is 17.4. The first-order valence-corrected chi connectivity index (χ1v) is 12.8. The van der Waals surface area contributed by atoms with Crippen molar-refractivity contribution in [3.8, 4) is 16.9 Å². The summed E-state index contributed by atoms with van der Waals surface area (Å²) in [5.74, 6) is -1.08. The summed E-state index contributed by atoms with van der Waals surface area (Å²) in [4.78, 5) is 24.6. The Morgan fingerprint density at radius 1 is 0.917 bits per heavy atom. The molecule has 1 aliphatic rings. The van der Waals surface area contributed by atoms with Crippen molar-refractivity contribution in [2.24, 2.45) is 0 Å². The molecule has 1 heterocycles. The van der Waals surface area contributed by atoms with Gasteiger partial charge in [-0.1, -0.05) is 42.5 Å². The van der Waals surface area contributed by atoms with E-state index in [1.54, 1.807) is 6.07 Å². The molecule has 36 heavy (non-hydrogen) atoms. The predicted octanol–water partition coefficient (Wildman–Crippen LogP) is 3.20. The largest absolute Gasteiger partial charge is 0.484 e. The van der Waals surface area contributed by atoms with Crippen molar-refractivity contribution in [3.05, 3.63) is 78.9 Å². The Balaban J connectivity index is 1.40. The molecule has 0 atom stereocenters. The average molecular weight is 511 g/mol. The third-order valence-electron chi connectivity index (χ3n) is 6.09. The van der Waals surface area contributed by atoms with Gasteiger partial charge in [-0.05, 0) is 60.4 Å². The van der Waals surface area contributed by atoms with E-state index in [4.69, 9.17) is 14.7 Å². The third-order valence-corrected chi connectivity index (χ3v) is 8.60. The maximum Gasteiger partial charge on any atom is 0.265 e. The van der Waals surface area contributed by atoms with Crippen LogP contribution in [0.5, 0.6) is 5.75 Å². The van der Waals surface area contributed by atoms with Gasteiger partial charge in [-0.2, -0.15) is 0 Å². The topological polar surface area (TPSA) is 131 Å². The number of sulfone groups is 1. The molecule has 0 unspecified atom stereocenters. The third kappa shape index (κ3) is 5.25. The summed E-state index contributed by atoms with van der Waals surface area (Å²) in [7, 11) is -4.14. The number of carbonyl (C=O) groups is 2. The van der Waals surface area contributed by atoms with Gasteiger partial charge >= 0.3 is 0 Å². The number of hydrogen-bond acceptors (Lipinski definition) is 7. The van der Waals surface area contributed by atoms with Gasteiger partial charge in [0, 0.05) is 18.9 Å². The monoisotopic (exact) mass is 510 g/mol. The van der Waals surface area contributed by atoms with E-state index in [1.165, 1.54) is 29.7 Å². The van der Waals surface area contributed by atoms with Crippen LogP contribution in [0.25, 0.3) is 11.1 Å². The zero-order chi connectivity index (χ0) is 25.6. The van der Waals surface area contributed by atoms with Crippen LogP contribution in [0.1, 0.15) is 12.8 Å². The number of rotatable bonds is 8. The number of ether oxygens (including phenoxy) is 2. The Kier molecular flexibility index (Phi) is 7.68. The fourth-order valence-corrected chi connectivity index (χ4v) is 6.05. The maximum absolute atomic E-state index is 13.3. The van der Waals surface area contributed by atoms with E-state index in [2.05, 4.69) is 5.32 Å². The average Bonchev–Trinajstić information content (AvgIpc) is 2.92. The molecular formula is C26H26N2O7S. The molecule has 3 aromatic rings. The zero-order valence-corrected chi connectivity index (χ0v) is 20.2. The van der Waals surface area contributed by atoms with Gasteiger partial charge in [-0.15, -0.1) is 0 Å². The van der Waals surface area contributed by atoms with Crippen LogP contribution in [0.2, 0.25) is 0 Å². The van der Waals surface area contributed by atoms with E-state index in [0.29, 0.717) is 5.69 Å². The van der Waals surface area contributed by atoms with Crippen molar-refractivity contribution in [2.45, 2.75) is 22.5 Å². The molecule has 3 N–H and O–H groups in total. The van der Waals surface area contributed by atoms with Crippen molar-refractivity contribution in [1.82, 2.24) is 5.48 Å². The Morgan fingerprint density at radius 3 is 2.25 bits per heavy atom. The Labute approximate surface area is 208 Å². The summed E-state index contributed by atoms with van der Waals surface area (Å²) in [5.41, 5.74) is 4.09. The van der Waals surface area contributed by atoms with Crippen molar-refractivity contribution in [1.29, 1.82) is 0 Å². The van der Waals surface area contributed by atoms with Crippen LogP contribution in [-0.2, 0) is 24.2 Å². The highest BCUT2D eigenvalue weighted by Gasteiger charge is 2.52. The van der Waals surface area contributed by atoms with Crippen LogP contribution in [-0.4, -0.2) is 50.0 Å². The Hall–Kier alpha value is -3.73. The van der Waals surface area contributed by atoms with Gasteiger partial charge in [0.2, 0.25) is 0 Å². The second-order valence-corrected chi connectivity index (χ2v) is 10.6. The lowest BCUT2D eigenvalue weighted by Crippen LogP contribution is -2.54. The van der Waals surface area contributed by atoms with Crippen molar-refractivity contribution >= 4 is 27.3 Å². The van der Waals surface area contributed by atoms with Crippen LogP contribution in [0, 0.1) is 0 Å². The van der Waals surface area contributed by atoms with E-state index < -0.39 is 20.5 Å². The molecule has 1 fully saturated rings. The van der Waals surface area contributed by atoms with E-state index in [0.717, 1.165) is 11.1 Å². The molecule has 2 amide bonds. The van der Waals surface area contributed by atoms with E-state index in [1.807, 2.05) is 48.5 Å². The number of benzene rings is 3. The summed E-state index contributed by atoms with van der Waals surface area (Å²) in [6, 6.07) is 22.7. The van der Waals surface area contributed by atoms with Gasteiger partial charge in [-0.25, -0.2) is 13.9 Å². The fraction of sp³-hybridized carbons (Fsp3) is 0.231. The molecule has 0 aromatic heterocycles. The molecule has 1 saturated heterocycles. The molecule has 0 radical (unpaired) electrons. The number of hydroxylamine groups is 1. The maximum atomic E-state index is 13.3. The molecule has 0 saturated carbocycles. The highest BCUT2D eigenvalue weighted by molar-refractivity contribution is 7.93. The molecule has 0 aliphatic carbocycles. The van der Waals surface area contributed by atoms with Crippen LogP contribution >= 0.6 is 0 Å². The molecule has 10 heteroatoms. The van der Waals surface area contributed by atoms with Gasteiger partial charge in [0.25, 0.3) is 11.8 Å². The molecular weight excluding hydrogens is 484 g/mol. The number of anilines is 1. The minimum atomic E-state index is -4.14. The number of nitrogens with one attached hydrogen (secondary N) is 2. The quantitative estimate of drug-likeness (QED) is 0.313. The zero-order valence-electron chi connectivity index (χ0n) is 19.3. The SMILES string of the molecule is O=C(COc1ccc(S(=O)(=O)C2(C(=O)NO)CCOCC2)cc1)Nc1cccc(-c2ccccc2)c1. The van der Waals surface area contributed by atoms with Gasteiger partial charge in [0.15, 0.2) is 21.2 Å². The molecule has 1 aliphatic heterocycles. The smallest absolute Gasteiger partial charge is 0.265 e. The summed E-state index contributed by atoms with van der Waals surface area (Å²) in [5, 5.41) is 11.9. The van der Waals surface area contributed by atoms with Gasteiger partial charge < -0.3 is 14.8 Å². The standard InChI is InChI=1S/C26H26N2O7S/c29-24(27-21-8-4-7-20(17-21)19-5-2-1-3-6-19)18-35-22-9-11-23(12-10-22)36(32,33)26(25(30)28-31)13-15-34-16-14-26/h1-12,17,31H,13-16,18H2,(H,27,29)(H,28,30). The van der Waals surface area contributed by atoms with E-state index in [9.17, 15) is 18.0 Å². The Bertz CT molecular complexity index is 1320. The molecule has 9 nitrogen and oxygen atoms in total. The highest BCUT2D eigenvalue weighted by atomic mass is 32.2. The van der Waals surface area contributed by atoms with Gasteiger partial charge in [0.1, 0.15) is 5.75 Å². The summed E-state index contributed by atoms with van der Waals surface area (Å²) >= 11 is 0. The molecule has 0 spiro atoms. The predicted molar refractivity (Wildman–Crippen MR) is 132 cm³/mol. The lowest BCUT2D eigenvalue weighted by molar-refractivity contribution is -0.134. The van der Waals surface area contributed by atoms with Gasteiger partial charge in [-0.3, -0.25) is 14.8 Å². The molecule has 0 bridgehead atoms. The lowest BCUT2D eigenvalue weighted by atomic mass is 9.98. The molecule has 3 aromatic carbocycles. The van der Waals surface area contributed by atoms with Crippen LogP contribution in [0.4, 0.5) is 5.69 Å².